The maximum absolute atomic E-state index is 12.2. The molecule has 2 aromatic heterocycles. The summed E-state index contributed by atoms with van der Waals surface area (Å²) in [4.78, 5) is 48.7. The van der Waals surface area contributed by atoms with Crippen molar-refractivity contribution in [1.29, 1.82) is 0 Å². The summed E-state index contributed by atoms with van der Waals surface area (Å²) in [5.74, 6) is 1.83. The molecule has 2 aliphatic rings. The van der Waals surface area contributed by atoms with Crippen LogP contribution in [0.3, 0.4) is 0 Å². The molecule has 0 saturated heterocycles. The molecule has 2 aromatic carbocycles. The first-order valence-electron chi connectivity index (χ1n) is 20.0. The number of nitrogens with zero attached hydrogens (tertiary/aromatic N) is 6. The van der Waals surface area contributed by atoms with Crippen molar-refractivity contribution < 1.29 is 28.5 Å². The number of hydrogen-bond donors (Lipinski definition) is 6. The van der Waals surface area contributed by atoms with Gasteiger partial charge in [0.2, 0.25) is 11.2 Å². The minimum Gasteiger partial charge on any atom is -0.493 e. The molecule has 19 heteroatoms. The van der Waals surface area contributed by atoms with E-state index in [1.165, 1.54) is 18.6 Å². The normalized spacial score (nSPS) is 16.1. The fraction of sp³-hybridized carbons (Fsp3) is 0.364. The zero-order chi connectivity index (χ0) is 46.2. The van der Waals surface area contributed by atoms with Gasteiger partial charge in [0.05, 0.1) is 48.1 Å². The standard InChI is InChI=1S/C22H28N6O3.C18H20ClN3O3.C4H9N3/c1-22(2,3)31-21(29)28-18-8-10-30-19-11-14(5-6-16(18)19)17-7-9-25-20(27-17)26-15(12-23)13-24-4;1-18(2,3)25-17(23)22-14-7-9-24-15-10-11(4-5-12(14)15)13-6-8-20-16(19)21-13;1-7-3-4(6)2-5/h5-7,9,11-13,18H,8,10,23H2,1-4H3,(H,28,29)(H,25,26,27);4-6,8,10,14H,7,9H2,1-3H3,(H,22,23);2-3H,5-6H2,1H3. The van der Waals surface area contributed by atoms with E-state index < -0.39 is 23.4 Å². The van der Waals surface area contributed by atoms with E-state index in [4.69, 9.17) is 47.7 Å². The summed E-state index contributed by atoms with van der Waals surface area (Å²) < 4.78 is 22.3. The summed E-state index contributed by atoms with van der Waals surface area (Å²) >= 11 is 5.86. The smallest absolute Gasteiger partial charge is 0.408 e. The zero-order valence-electron chi connectivity index (χ0n) is 36.8. The number of rotatable bonds is 8. The van der Waals surface area contributed by atoms with Crippen LogP contribution in [0.5, 0.6) is 11.5 Å². The Labute approximate surface area is 372 Å². The molecule has 0 saturated carbocycles. The third-order valence-corrected chi connectivity index (χ3v) is 8.72. The van der Waals surface area contributed by atoms with E-state index in [0.717, 1.165) is 33.7 Å². The molecule has 0 spiro atoms. The highest BCUT2D eigenvalue weighted by Gasteiger charge is 2.28. The third kappa shape index (κ3) is 15.8. The van der Waals surface area contributed by atoms with Crippen molar-refractivity contribution in [3.05, 3.63) is 101 Å². The molecule has 9 N–H and O–H groups in total. The van der Waals surface area contributed by atoms with Crippen LogP contribution < -0.4 is 42.6 Å². The molecule has 2 aliphatic heterocycles. The van der Waals surface area contributed by atoms with Gasteiger partial charge in [-0.15, -0.1) is 0 Å². The van der Waals surface area contributed by atoms with Crippen molar-refractivity contribution in [3.63, 3.8) is 0 Å². The molecule has 4 heterocycles. The van der Waals surface area contributed by atoms with Crippen molar-refractivity contribution in [1.82, 2.24) is 30.6 Å². The van der Waals surface area contributed by atoms with Gasteiger partial charge >= 0.3 is 12.2 Å². The minimum absolute atomic E-state index is 0.151. The SMILES string of the molecule is CC(C)(C)OC(=O)NC1CCOc2cc(-c3ccnc(Cl)n3)ccc21.CN=CC(=CN)Nc1nccc(-c2ccc3c(c2)OCCC3NC(=O)OC(C)(C)C)n1.CN=CC(N)=CN. The van der Waals surface area contributed by atoms with Crippen LogP contribution in [0.15, 0.2) is 94.7 Å². The number of aliphatic imine (C=N–C) groups is 2. The molecule has 2 atom stereocenters. The van der Waals surface area contributed by atoms with Crippen molar-refractivity contribution in [2.75, 3.05) is 32.6 Å². The van der Waals surface area contributed by atoms with Gasteiger partial charge in [0, 0.05) is 86.4 Å². The summed E-state index contributed by atoms with van der Waals surface area (Å²) in [6.07, 6.45) is 9.51. The maximum atomic E-state index is 12.2. The zero-order valence-corrected chi connectivity index (χ0v) is 37.6. The van der Waals surface area contributed by atoms with E-state index in [1.807, 2.05) is 84.0 Å². The molecular weight excluding hydrogens is 828 g/mol. The predicted molar refractivity (Wildman–Crippen MR) is 246 cm³/mol. The summed E-state index contributed by atoms with van der Waals surface area (Å²) in [5, 5.41) is 9.06. The Morgan fingerprint density at radius 2 is 1.24 bits per heavy atom. The number of fused-ring (bicyclic) bond motifs is 2. The first-order valence-corrected chi connectivity index (χ1v) is 20.3. The number of halogens is 1. The minimum atomic E-state index is -0.553. The molecule has 0 aliphatic carbocycles. The second-order valence-corrected chi connectivity index (χ2v) is 16.2. The number of hydrogen-bond acceptors (Lipinski definition) is 16. The van der Waals surface area contributed by atoms with Crippen LogP contribution in [0.4, 0.5) is 15.5 Å². The first kappa shape index (κ1) is 48.7. The number of carbonyl (C=O) groups excluding carboxylic acids is 2. The average Bonchev–Trinajstić information content (AvgIpc) is 3.22. The number of benzene rings is 2. The van der Waals surface area contributed by atoms with Gasteiger partial charge in [-0.3, -0.25) is 9.98 Å². The number of alkyl carbamates (subject to hydrolysis) is 2. The van der Waals surface area contributed by atoms with E-state index in [0.29, 0.717) is 54.8 Å². The summed E-state index contributed by atoms with van der Waals surface area (Å²) in [7, 11) is 3.29. The van der Waals surface area contributed by atoms with E-state index in [1.54, 1.807) is 38.8 Å². The molecule has 0 bridgehead atoms. The lowest BCUT2D eigenvalue weighted by atomic mass is 9.98. The molecule has 18 nitrogen and oxygen atoms in total. The number of ether oxygens (including phenoxy) is 4. The largest absolute Gasteiger partial charge is 0.493 e. The van der Waals surface area contributed by atoms with Crippen LogP contribution >= 0.6 is 11.6 Å². The van der Waals surface area contributed by atoms with Crippen LogP contribution in [0.25, 0.3) is 22.5 Å². The molecular formula is C44H57ClN12O6. The van der Waals surface area contributed by atoms with Crippen LogP contribution in [0, 0.1) is 0 Å². The number of nitrogens with one attached hydrogen (secondary N) is 3. The predicted octanol–water partition coefficient (Wildman–Crippen LogP) is 7.00. The molecule has 0 radical (unpaired) electrons. The van der Waals surface area contributed by atoms with Crippen LogP contribution in [0.2, 0.25) is 5.28 Å². The molecule has 6 rings (SSSR count). The van der Waals surface area contributed by atoms with Crippen molar-refractivity contribution in [2.24, 2.45) is 27.2 Å². The van der Waals surface area contributed by atoms with Gasteiger partial charge in [-0.2, -0.15) is 0 Å². The second kappa shape index (κ2) is 22.8. The molecule has 2 amide bonds. The summed E-state index contributed by atoms with van der Waals surface area (Å²) in [5.41, 5.74) is 20.7. The average molecular weight is 885 g/mol. The number of nitrogens with two attached hydrogens (primary N) is 3. The number of carbonyl (C=O) groups is 2. The molecule has 336 valence electrons. The number of amides is 2. The lowest BCUT2D eigenvalue weighted by Gasteiger charge is -2.28. The summed E-state index contributed by atoms with van der Waals surface area (Å²) in [6, 6.07) is 14.8. The monoisotopic (exact) mass is 884 g/mol. The van der Waals surface area contributed by atoms with Crippen molar-refractivity contribution in [2.45, 2.75) is 77.7 Å². The summed E-state index contributed by atoms with van der Waals surface area (Å²) in [6.45, 7) is 12.0. The van der Waals surface area contributed by atoms with Gasteiger partial charge in [-0.1, -0.05) is 24.3 Å². The Morgan fingerprint density at radius 3 is 1.67 bits per heavy atom. The maximum Gasteiger partial charge on any atom is 0.408 e. The lowest BCUT2D eigenvalue weighted by Crippen LogP contribution is -2.36. The van der Waals surface area contributed by atoms with Crippen LogP contribution in [0.1, 0.15) is 77.6 Å². The van der Waals surface area contributed by atoms with Crippen LogP contribution in [-0.2, 0) is 9.47 Å². The number of aromatic nitrogens is 4. The van der Waals surface area contributed by atoms with Crippen LogP contribution in [-0.4, -0.2) is 83.1 Å². The quantitative estimate of drug-likeness (QED) is 0.0770. The van der Waals surface area contributed by atoms with Gasteiger partial charge < -0.3 is 52.1 Å². The Bertz CT molecular complexity index is 2310. The van der Waals surface area contributed by atoms with E-state index >= 15 is 0 Å². The lowest BCUT2D eigenvalue weighted by molar-refractivity contribution is 0.0478. The Balaban J connectivity index is 0.000000244. The van der Waals surface area contributed by atoms with E-state index in [9.17, 15) is 9.59 Å². The number of anilines is 1. The topological polar surface area (TPSA) is 261 Å². The molecule has 0 fully saturated rings. The van der Waals surface area contributed by atoms with Crippen molar-refractivity contribution in [3.8, 4) is 34.0 Å². The molecule has 2 unspecified atom stereocenters. The van der Waals surface area contributed by atoms with Gasteiger partial charge in [0.1, 0.15) is 22.7 Å². The fourth-order valence-electron chi connectivity index (χ4n) is 5.95. The fourth-order valence-corrected chi connectivity index (χ4v) is 6.10. The highest BCUT2D eigenvalue weighted by Crippen LogP contribution is 2.37. The second-order valence-electron chi connectivity index (χ2n) is 15.8. The van der Waals surface area contributed by atoms with Gasteiger partial charge in [-0.25, -0.2) is 29.5 Å². The highest BCUT2D eigenvalue weighted by atomic mass is 35.5. The van der Waals surface area contributed by atoms with Gasteiger partial charge in [-0.05, 0) is 77.4 Å². The Morgan fingerprint density at radius 1 is 0.746 bits per heavy atom. The molecule has 4 aromatic rings. The Kier molecular flexibility index (Phi) is 17.6. The highest BCUT2D eigenvalue weighted by molar-refractivity contribution is 6.28. The van der Waals surface area contributed by atoms with E-state index in [2.05, 4.69) is 45.9 Å². The number of allylic oxidation sites excluding steroid dienone is 2. The van der Waals surface area contributed by atoms with E-state index in [-0.39, 0.29) is 17.4 Å². The first-order chi connectivity index (χ1) is 29.9. The third-order valence-electron chi connectivity index (χ3n) is 8.54. The van der Waals surface area contributed by atoms with Crippen molar-refractivity contribution >= 4 is 42.2 Å². The molecule has 63 heavy (non-hydrogen) atoms. The van der Waals surface area contributed by atoms with Gasteiger partial charge in [0.15, 0.2) is 0 Å². The van der Waals surface area contributed by atoms with Gasteiger partial charge in [0.25, 0.3) is 0 Å². The Hall–Kier alpha value is -6.95.